The number of hydrogen-bond donors (Lipinski definition) is 1. The first-order chi connectivity index (χ1) is 9.61. The Balaban J connectivity index is 1.91. The summed E-state index contributed by atoms with van der Waals surface area (Å²) in [6, 6.07) is 0. The van der Waals surface area contributed by atoms with Crippen LogP contribution in [0.4, 0.5) is 0 Å². The molecule has 2 atom stereocenters. The SMILES string of the molecule is CC(C)[C@@H]1C=C(C(=O)N2CC2)O[C@H](OCCCCO)C1. The number of ether oxygens (including phenoxy) is 2. The van der Waals surface area contributed by atoms with Crippen LogP contribution in [-0.4, -0.2) is 48.5 Å². The fourth-order valence-corrected chi connectivity index (χ4v) is 2.24. The van der Waals surface area contributed by atoms with E-state index in [4.69, 9.17) is 14.6 Å². The number of carbonyl (C=O) groups excluding carboxylic acids is 1. The third-order valence-electron chi connectivity index (χ3n) is 3.75. The molecule has 0 bridgehead atoms. The quantitative estimate of drug-likeness (QED) is 0.568. The molecular weight excluding hydrogens is 258 g/mol. The zero-order chi connectivity index (χ0) is 14.5. The summed E-state index contributed by atoms with van der Waals surface area (Å²) >= 11 is 0. The number of allylic oxidation sites excluding steroid dienone is 1. The van der Waals surface area contributed by atoms with Crippen molar-refractivity contribution < 1.29 is 19.4 Å². The van der Waals surface area contributed by atoms with Crippen molar-refractivity contribution in [3.05, 3.63) is 11.8 Å². The number of rotatable bonds is 7. The average molecular weight is 283 g/mol. The zero-order valence-corrected chi connectivity index (χ0v) is 12.4. The van der Waals surface area contributed by atoms with Crippen LogP contribution in [0.5, 0.6) is 0 Å². The van der Waals surface area contributed by atoms with Gasteiger partial charge in [0.25, 0.3) is 5.91 Å². The Morgan fingerprint density at radius 3 is 2.85 bits per heavy atom. The summed E-state index contributed by atoms with van der Waals surface area (Å²) in [5, 5.41) is 8.75. The lowest BCUT2D eigenvalue weighted by Crippen LogP contribution is -2.31. The highest BCUT2D eigenvalue weighted by molar-refractivity contribution is 5.93. The summed E-state index contributed by atoms with van der Waals surface area (Å²) in [5.41, 5.74) is 0. The van der Waals surface area contributed by atoms with Crippen LogP contribution in [0.1, 0.15) is 33.1 Å². The highest BCUT2D eigenvalue weighted by Crippen LogP contribution is 2.30. The molecule has 0 aromatic heterocycles. The van der Waals surface area contributed by atoms with Crippen LogP contribution in [0.3, 0.4) is 0 Å². The molecule has 0 aromatic carbocycles. The van der Waals surface area contributed by atoms with Gasteiger partial charge in [-0.2, -0.15) is 0 Å². The van der Waals surface area contributed by atoms with Crippen LogP contribution in [0.15, 0.2) is 11.8 Å². The molecule has 2 rings (SSSR count). The van der Waals surface area contributed by atoms with Crippen LogP contribution in [0.2, 0.25) is 0 Å². The second-order valence-corrected chi connectivity index (χ2v) is 5.82. The van der Waals surface area contributed by atoms with E-state index < -0.39 is 0 Å². The smallest absolute Gasteiger partial charge is 0.288 e. The number of amides is 1. The van der Waals surface area contributed by atoms with Gasteiger partial charge in [0.1, 0.15) is 0 Å². The number of hydrogen-bond acceptors (Lipinski definition) is 4. The number of aliphatic hydroxyl groups excluding tert-OH is 1. The number of carbonyl (C=O) groups is 1. The van der Waals surface area contributed by atoms with Gasteiger partial charge in [0.2, 0.25) is 6.29 Å². The Hall–Kier alpha value is -1.07. The lowest BCUT2D eigenvalue weighted by molar-refractivity contribution is -0.153. The molecule has 5 nitrogen and oxygen atoms in total. The van der Waals surface area contributed by atoms with Crippen molar-refractivity contribution in [3.8, 4) is 0 Å². The second-order valence-electron chi connectivity index (χ2n) is 5.82. The zero-order valence-electron chi connectivity index (χ0n) is 12.4. The van der Waals surface area contributed by atoms with Gasteiger partial charge in [-0.3, -0.25) is 4.79 Å². The minimum atomic E-state index is -0.343. The Bertz CT molecular complexity index is 363. The minimum absolute atomic E-state index is 0.0145. The topological polar surface area (TPSA) is 58.8 Å². The Morgan fingerprint density at radius 1 is 1.50 bits per heavy atom. The van der Waals surface area contributed by atoms with Gasteiger partial charge in [0, 0.05) is 26.1 Å². The summed E-state index contributed by atoms with van der Waals surface area (Å²) in [6.07, 6.45) is 3.94. The van der Waals surface area contributed by atoms with E-state index in [0.29, 0.717) is 24.2 Å². The highest BCUT2D eigenvalue weighted by atomic mass is 16.7. The monoisotopic (exact) mass is 283 g/mol. The van der Waals surface area contributed by atoms with E-state index in [1.54, 1.807) is 4.90 Å². The van der Waals surface area contributed by atoms with E-state index in [0.717, 1.165) is 32.4 Å². The third-order valence-corrected chi connectivity index (χ3v) is 3.75. The van der Waals surface area contributed by atoms with E-state index in [1.165, 1.54) is 0 Å². The van der Waals surface area contributed by atoms with Crippen LogP contribution in [0, 0.1) is 11.8 Å². The van der Waals surface area contributed by atoms with Gasteiger partial charge in [-0.05, 0) is 30.8 Å². The van der Waals surface area contributed by atoms with Crippen molar-refractivity contribution in [1.29, 1.82) is 0 Å². The molecule has 0 aliphatic carbocycles. The first kappa shape index (κ1) is 15.3. The lowest BCUT2D eigenvalue weighted by atomic mass is 9.90. The van der Waals surface area contributed by atoms with Crippen molar-refractivity contribution in [2.24, 2.45) is 11.8 Å². The fourth-order valence-electron chi connectivity index (χ4n) is 2.24. The maximum absolute atomic E-state index is 12.1. The first-order valence-electron chi connectivity index (χ1n) is 7.52. The second kappa shape index (κ2) is 7.09. The standard InChI is InChI=1S/C15H25NO4/c1-11(2)12-9-13(15(18)16-5-6-16)20-14(10-12)19-8-4-3-7-17/h9,11-12,14,17H,3-8,10H2,1-2H3/t12-,14+/m1/s1. The molecule has 2 heterocycles. The predicted octanol–water partition coefficient (Wildman–Crippen LogP) is 1.52. The highest BCUT2D eigenvalue weighted by Gasteiger charge is 2.34. The average Bonchev–Trinajstić information content (AvgIpc) is 3.27. The van der Waals surface area contributed by atoms with E-state index in [2.05, 4.69) is 13.8 Å². The molecule has 5 heteroatoms. The van der Waals surface area contributed by atoms with Gasteiger partial charge < -0.3 is 19.5 Å². The molecule has 0 saturated carbocycles. The molecule has 1 saturated heterocycles. The van der Waals surface area contributed by atoms with Crippen molar-refractivity contribution in [3.63, 3.8) is 0 Å². The molecule has 0 radical (unpaired) electrons. The van der Waals surface area contributed by atoms with Gasteiger partial charge in [0.05, 0.1) is 6.61 Å². The summed E-state index contributed by atoms with van der Waals surface area (Å²) in [4.78, 5) is 13.9. The third kappa shape index (κ3) is 4.21. The summed E-state index contributed by atoms with van der Waals surface area (Å²) in [7, 11) is 0. The van der Waals surface area contributed by atoms with E-state index >= 15 is 0 Å². The summed E-state index contributed by atoms with van der Waals surface area (Å²) in [5.74, 6) is 1.20. The molecule has 0 spiro atoms. The summed E-state index contributed by atoms with van der Waals surface area (Å²) in [6.45, 7) is 6.69. The van der Waals surface area contributed by atoms with E-state index in [9.17, 15) is 4.79 Å². The van der Waals surface area contributed by atoms with Crippen molar-refractivity contribution in [1.82, 2.24) is 4.90 Å². The molecule has 1 fully saturated rings. The maximum Gasteiger partial charge on any atom is 0.288 e. The van der Waals surface area contributed by atoms with Crippen LogP contribution in [0.25, 0.3) is 0 Å². The maximum atomic E-state index is 12.1. The molecule has 0 unspecified atom stereocenters. The minimum Gasteiger partial charge on any atom is -0.459 e. The predicted molar refractivity (Wildman–Crippen MR) is 74.8 cm³/mol. The van der Waals surface area contributed by atoms with E-state index in [-0.39, 0.29) is 18.8 Å². The van der Waals surface area contributed by atoms with Gasteiger partial charge in [-0.25, -0.2) is 0 Å². The molecule has 114 valence electrons. The first-order valence-corrected chi connectivity index (χ1v) is 7.52. The Kier molecular flexibility index (Phi) is 5.43. The fraction of sp³-hybridized carbons (Fsp3) is 0.800. The van der Waals surface area contributed by atoms with E-state index in [1.807, 2.05) is 6.08 Å². The normalized spacial score (nSPS) is 25.4. The molecule has 0 aromatic rings. The molecular formula is C15H25NO4. The Morgan fingerprint density at radius 2 is 2.25 bits per heavy atom. The van der Waals surface area contributed by atoms with Gasteiger partial charge in [0.15, 0.2) is 5.76 Å². The lowest BCUT2D eigenvalue weighted by Gasteiger charge is -2.30. The van der Waals surface area contributed by atoms with Gasteiger partial charge in [-0.15, -0.1) is 0 Å². The molecule has 1 amide bonds. The number of aliphatic hydroxyl groups is 1. The van der Waals surface area contributed by atoms with Crippen molar-refractivity contribution >= 4 is 5.91 Å². The summed E-state index contributed by atoms with van der Waals surface area (Å²) < 4.78 is 11.4. The van der Waals surface area contributed by atoms with Crippen LogP contribution in [-0.2, 0) is 14.3 Å². The van der Waals surface area contributed by atoms with Crippen LogP contribution >= 0.6 is 0 Å². The number of unbranched alkanes of at least 4 members (excludes halogenated alkanes) is 1. The van der Waals surface area contributed by atoms with Crippen molar-refractivity contribution in [2.75, 3.05) is 26.3 Å². The largest absolute Gasteiger partial charge is 0.459 e. The van der Waals surface area contributed by atoms with Gasteiger partial charge in [-0.1, -0.05) is 13.8 Å². The molecule has 2 aliphatic rings. The van der Waals surface area contributed by atoms with Crippen LogP contribution < -0.4 is 0 Å². The van der Waals surface area contributed by atoms with Gasteiger partial charge >= 0.3 is 0 Å². The molecule has 1 N–H and O–H groups in total. The van der Waals surface area contributed by atoms with Crippen molar-refractivity contribution in [2.45, 2.75) is 39.4 Å². The Labute approximate surface area is 120 Å². The molecule has 2 aliphatic heterocycles. The molecule has 20 heavy (non-hydrogen) atoms. The number of nitrogens with zero attached hydrogens (tertiary/aromatic N) is 1.